The summed E-state index contributed by atoms with van der Waals surface area (Å²) in [4.78, 5) is 1.35. The molecule has 0 aliphatic heterocycles. The molecular weight excluding hydrogens is 261 g/mol. The first kappa shape index (κ1) is 13.5. The van der Waals surface area contributed by atoms with Gasteiger partial charge in [-0.05, 0) is 23.1 Å². The van der Waals surface area contributed by atoms with E-state index in [-0.39, 0.29) is 12.4 Å². The number of benzene rings is 1. The molecule has 0 unspecified atom stereocenters. The average molecular weight is 274 g/mol. The van der Waals surface area contributed by atoms with Crippen molar-refractivity contribution in [3.05, 3.63) is 57.2 Å². The molecule has 1 N–H and O–H groups in total. The number of hydrogen-bond acceptors (Lipinski definition) is 2. The van der Waals surface area contributed by atoms with Crippen molar-refractivity contribution in [3.8, 4) is 0 Å². The Hall–Kier alpha value is -0.540. The first-order chi connectivity index (χ1) is 7.36. The van der Waals surface area contributed by atoms with E-state index in [9.17, 15) is 0 Å². The number of halogens is 2. The molecule has 0 radical (unpaired) electrons. The van der Waals surface area contributed by atoms with Crippen LogP contribution in [-0.2, 0) is 13.1 Å². The van der Waals surface area contributed by atoms with Crippen LogP contribution in [0.1, 0.15) is 10.4 Å². The van der Waals surface area contributed by atoms with E-state index in [1.807, 2.05) is 24.3 Å². The van der Waals surface area contributed by atoms with E-state index in [1.54, 1.807) is 11.3 Å². The molecule has 1 heterocycles. The third kappa shape index (κ3) is 3.80. The molecule has 1 aromatic heterocycles. The van der Waals surface area contributed by atoms with Crippen LogP contribution in [0.15, 0.2) is 41.8 Å². The predicted octanol–water partition coefficient (Wildman–Crippen LogP) is 4.11. The predicted molar refractivity (Wildman–Crippen MR) is 73.6 cm³/mol. The van der Waals surface area contributed by atoms with E-state index < -0.39 is 0 Å². The summed E-state index contributed by atoms with van der Waals surface area (Å²) < 4.78 is 0. The number of nitrogens with one attached hydrogen (secondary N) is 1. The fourth-order valence-electron chi connectivity index (χ4n) is 1.38. The van der Waals surface area contributed by atoms with Crippen LogP contribution in [0.3, 0.4) is 0 Å². The van der Waals surface area contributed by atoms with E-state index in [1.165, 1.54) is 4.88 Å². The van der Waals surface area contributed by atoms with E-state index in [4.69, 9.17) is 11.6 Å². The topological polar surface area (TPSA) is 12.0 Å². The number of thiophene rings is 1. The van der Waals surface area contributed by atoms with E-state index in [2.05, 4.69) is 22.8 Å². The molecule has 0 bridgehead atoms. The average Bonchev–Trinajstić information content (AvgIpc) is 2.74. The fraction of sp³-hybridized carbons (Fsp3) is 0.167. The zero-order valence-electron chi connectivity index (χ0n) is 8.65. The molecule has 0 aliphatic carbocycles. The lowest BCUT2D eigenvalue weighted by Crippen LogP contribution is -2.11. The Morgan fingerprint density at radius 2 is 1.88 bits per heavy atom. The summed E-state index contributed by atoms with van der Waals surface area (Å²) in [7, 11) is 0. The zero-order valence-corrected chi connectivity index (χ0v) is 11.0. The molecule has 0 saturated heterocycles. The molecule has 0 spiro atoms. The standard InChI is InChI=1S/C12H12ClNS.ClH/c13-12-6-2-1-4-10(12)8-14-9-11-5-3-7-15-11;/h1-7,14H,8-9H2;1H. The summed E-state index contributed by atoms with van der Waals surface area (Å²) in [5.74, 6) is 0. The molecule has 0 saturated carbocycles. The van der Waals surface area contributed by atoms with Gasteiger partial charge in [0.1, 0.15) is 0 Å². The maximum absolute atomic E-state index is 6.05. The monoisotopic (exact) mass is 273 g/mol. The van der Waals surface area contributed by atoms with Crippen molar-refractivity contribution in [1.29, 1.82) is 0 Å². The summed E-state index contributed by atoms with van der Waals surface area (Å²) in [6.45, 7) is 1.72. The SMILES string of the molecule is Cl.Clc1ccccc1CNCc1cccs1. The lowest BCUT2D eigenvalue weighted by molar-refractivity contribution is 0.701. The highest BCUT2D eigenvalue weighted by Crippen LogP contribution is 2.15. The van der Waals surface area contributed by atoms with Crippen LogP contribution < -0.4 is 5.32 Å². The molecule has 1 nitrogen and oxygen atoms in total. The normalized spacial score (nSPS) is 9.81. The molecule has 2 aromatic rings. The van der Waals surface area contributed by atoms with Gasteiger partial charge in [0, 0.05) is 23.0 Å². The molecule has 0 amide bonds. The van der Waals surface area contributed by atoms with Crippen molar-refractivity contribution >= 4 is 35.3 Å². The molecular formula is C12H13Cl2NS. The molecule has 0 fully saturated rings. The Bertz CT molecular complexity index is 415. The highest BCUT2D eigenvalue weighted by Gasteiger charge is 1.98. The Kier molecular flexibility index (Phi) is 5.85. The lowest BCUT2D eigenvalue weighted by Gasteiger charge is -2.04. The van der Waals surface area contributed by atoms with Crippen LogP contribution >= 0.6 is 35.3 Å². The summed E-state index contributed by atoms with van der Waals surface area (Å²) in [6, 6.07) is 12.1. The van der Waals surface area contributed by atoms with Gasteiger partial charge in [0.25, 0.3) is 0 Å². The molecule has 2 rings (SSSR count). The van der Waals surface area contributed by atoms with Crippen molar-refractivity contribution in [2.75, 3.05) is 0 Å². The van der Waals surface area contributed by atoms with E-state index in [0.717, 1.165) is 23.7 Å². The van der Waals surface area contributed by atoms with Gasteiger partial charge in [-0.25, -0.2) is 0 Å². The molecule has 86 valence electrons. The van der Waals surface area contributed by atoms with Crippen LogP contribution in [-0.4, -0.2) is 0 Å². The Morgan fingerprint density at radius 3 is 2.56 bits per heavy atom. The van der Waals surface area contributed by atoms with Gasteiger partial charge in [-0.15, -0.1) is 23.7 Å². The highest BCUT2D eigenvalue weighted by atomic mass is 35.5. The highest BCUT2D eigenvalue weighted by molar-refractivity contribution is 7.09. The van der Waals surface area contributed by atoms with Crippen molar-refractivity contribution < 1.29 is 0 Å². The van der Waals surface area contributed by atoms with Gasteiger partial charge in [0.2, 0.25) is 0 Å². The maximum atomic E-state index is 6.05. The van der Waals surface area contributed by atoms with Crippen LogP contribution in [0, 0.1) is 0 Å². The third-order valence-electron chi connectivity index (χ3n) is 2.15. The minimum Gasteiger partial charge on any atom is -0.308 e. The Balaban J connectivity index is 0.00000128. The van der Waals surface area contributed by atoms with Crippen molar-refractivity contribution in [1.82, 2.24) is 5.32 Å². The smallest absolute Gasteiger partial charge is 0.0450 e. The van der Waals surface area contributed by atoms with Crippen molar-refractivity contribution in [3.63, 3.8) is 0 Å². The second-order valence-corrected chi connectivity index (χ2v) is 4.71. The minimum absolute atomic E-state index is 0. The zero-order chi connectivity index (χ0) is 10.5. The van der Waals surface area contributed by atoms with Crippen LogP contribution in [0.4, 0.5) is 0 Å². The molecule has 0 aliphatic rings. The minimum atomic E-state index is 0. The van der Waals surface area contributed by atoms with Gasteiger partial charge < -0.3 is 5.32 Å². The first-order valence-electron chi connectivity index (χ1n) is 4.83. The number of hydrogen-bond donors (Lipinski definition) is 1. The summed E-state index contributed by atoms with van der Waals surface area (Å²) >= 11 is 7.81. The van der Waals surface area contributed by atoms with Crippen LogP contribution in [0.5, 0.6) is 0 Å². The number of rotatable bonds is 4. The van der Waals surface area contributed by atoms with Crippen LogP contribution in [0.25, 0.3) is 0 Å². The Labute approximate surface area is 111 Å². The van der Waals surface area contributed by atoms with E-state index >= 15 is 0 Å². The van der Waals surface area contributed by atoms with Gasteiger partial charge in [-0.1, -0.05) is 35.9 Å². The molecule has 1 aromatic carbocycles. The molecule has 4 heteroatoms. The third-order valence-corrected chi connectivity index (χ3v) is 3.40. The van der Waals surface area contributed by atoms with Crippen molar-refractivity contribution in [2.24, 2.45) is 0 Å². The first-order valence-corrected chi connectivity index (χ1v) is 6.08. The van der Waals surface area contributed by atoms with Gasteiger partial charge in [-0.3, -0.25) is 0 Å². The Morgan fingerprint density at radius 1 is 1.06 bits per heavy atom. The van der Waals surface area contributed by atoms with Crippen molar-refractivity contribution in [2.45, 2.75) is 13.1 Å². The fourth-order valence-corrected chi connectivity index (χ4v) is 2.25. The largest absolute Gasteiger partial charge is 0.308 e. The van der Waals surface area contributed by atoms with Gasteiger partial charge in [0.05, 0.1) is 0 Å². The van der Waals surface area contributed by atoms with Crippen LogP contribution in [0.2, 0.25) is 5.02 Å². The summed E-state index contributed by atoms with van der Waals surface area (Å²) in [5.41, 5.74) is 1.15. The van der Waals surface area contributed by atoms with Gasteiger partial charge >= 0.3 is 0 Å². The van der Waals surface area contributed by atoms with E-state index in [0.29, 0.717) is 0 Å². The van der Waals surface area contributed by atoms with Gasteiger partial charge in [-0.2, -0.15) is 0 Å². The summed E-state index contributed by atoms with van der Waals surface area (Å²) in [6.07, 6.45) is 0. The quantitative estimate of drug-likeness (QED) is 0.884. The maximum Gasteiger partial charge on any atom is 0.0450 e. The second kappa shape index (κ2) is 6.92. The van der Waals surface area contributed by atoms with Gasteiger partial charge in [0.15, 0.2) is 0 Å². The molecule has 0 atom stereocenters. The molecule has 16 heavy (non-hydrogen) atoms. The summed E-state index contributed by atoms with van der Waals surface area (Å²) in [5, 5.41) is 6.29. The second-order valence-electron chi connectivity index (χ2n) is 3.27. The lowest BCUT2D eigenvalue weighted by atomic mass is 10.2.